The van der Waals surface area contributed by atoms with Crippen molar-refractivity contribution >= 4 is 36.2 Å². The molecule has 28 heavy (non-hydrogen) atoms. The fraction of sp³-hybridized carbons (Fsp3) is 0.714. The van der Waals surface area contributed by atoms with E-state index in [1.807, 2.05) is 13.8 Å². The number of esters is 2. The van der Waals surface area contributed by atoms with Crippen molar-refractivity contribution in [3.05, 3.63) is 22.7 Å². The Kier molecular flexibility index (Phi) is 4.89. The third kappa shape index (κ3) is 2.65. The maximum Gasteiger partial charge on any atom is 0.331 e. The van der Waals surface area contributed by atoms with Crippen LogP contribution >= 0.6 is 15.9 Å². The highest BCUT2D eigenvalue weighted by molar-refractivity contribution is 9.11. The van der Waals surface area contributed by atoms with Crippen LogP contribution < -0.4 is 0 Å². The predicted octanol–water partition coefficient (Wildman–Crippen LogP) is 4.87. The fourth-order valence-corrected chi connectivity index (χ4v) is 6.14. The molecule has 2 heterocycles. The zero-order valence-electron chi connectivity index (χ0n) is 17.9. The molecular weight excluding hydrogens is 440 g/mol. The van der Waals surface area contributed by atoms with Gasteiger partial charge in [-0.15, -0.1) is 0 Å². The van der Waals surface area contributed by atoms with E-state index in [0.717, 1.165) is 10.1 Å². The molecule has 2 aliphatic heterocycles. The first kappa shape index (κ1) is 21.8. The Morgan fingerprint density at radius 1 is 1.36 bits per heavy atom. The van der Waals surface area contributed by atoms with Gasteiger partial charge in [0.2, 0.25) is 0 Å². The Labute approximate surface area is 177 Å². The molecule has 3 rings (SSSR count). The zero-order valence-corrected chi connectivity index (χ0v) is 20.5. The predicted molar refractivity (Wildman–Crippen MR) is 113 cm³/mol. The topological polar surface area (TPSA) is 61.8 Å². The van der Waals surface area contributed by atoms with Gasteiger partial charge in [-0.25, -0.2) is 4.79 Å². The van der Waals surface area contributed by atoms with E-state index in [1.165, 1.54) is 0 Å². The average molecular weight is 471 g/mol. The van der Waals surface area contributed by atoms with E-state index in [0.29, 0.717) is 12.8 Å². The Balaban J connectivity index is 2.17. The van der Waals surface area contributed by atoms with Crippen LogP contribution in [0.4, 0.5) is 0 Å². The van der Waals surface area contributed by atoms with Gasteiger partial charge in [0, 0.05) is 11.6 Å². The van der Waals surface area contributed by atoms with Gasteiger partial charge in [-0.2, -0.15) is 0 Å². The third-order valence-electron chi connectivity index (χ3n) is 7.74. The van der Waals surface area contributed by atoms with E-state index in [1.54, 1.807) is 6.08 Å². The normalized spacial score (nSPS) is 37.3. The lowest BCUT2D eigenvalue weighted by atomic mass is 9.63. The van der Waals surface area contributed by atoms with Gasteiger partial charge in [-0.3, -0.25) is 4.79 Å². The number of fused-ring (bicyclic) bond motifs is 3. The molecule has 5 nitrogen and oxygen atoms in total. The molecule has 0 bridgehead atoms. The van der Waals surface area contributed by atoms with E-state index >= 15 is 0 Å². The minimum absolute atomic E-state index is 0.0400. The van der Waals surface area contributed by atoms with E-state index in [9.17, 15) is 9.59 Å². The van der Waals surface area contributed by atoms with E-state index < -0.39 is 30.9 Å². The minimum Gasteiger partial charge on any atom is -0.464 e. The molecule has 0 amide bonds. The maximum absolute atomic E-state index is 13.0. The van der Waals surface area contributed by atoms with E-state index in [4.69, 9.17) is 13.9 Å². The summed E-state index contributed by atoms with van der Waals surface area (Å²) in [4.78, 5) is 25.5. The Morgan fingerprint density at radius 2 is 1.96 bits per heavy atom. The largest absolute Gasteiger partial charge is 0.464 e. The van der Waals surface area contributed by atoms with Crippen molar-refractivity contribution in [2.24, 2.45) is 10.8 Å². The lowest BCUT2D eigenvalue weighted by Gasteiger charge is -2.43. The molecule has 3 aliphatic rings. The molecule has 0 N–H and O–H groups in total. The number of allylic oxidation sites excluding steroid dienone is 1. The second-order valence-electron chi connectivity index (χ2n) is 10.2. The van der Waals surface area contributed by atoms with Gasteiger partial charge in [0.15, 0.2) is 8.32 Å². The van der Waals surface area contributed by atoms with Crippen molar-refractivity contribution in [3.8, 4) is 0 Å². The monoisotopic (exact) mass is 470 g/mol. The third-order valence-corrected chi connectivity index (χ3v) is 12.6. The van der Waals surface area contributed by atoms with Crippen LogP contribution in [0.5, 0.6) is 0 Å². The van der Waals surface area contributed by atoms with Crippen LogP contribution in [-0.2, 0) is 23.5 Å². The first-order chi connectivity index (χ1) is 12.6. The van der Waals surface area contributed by atoms with E-state index in [-0.39, 0.29) is 23.6 Å². The molecule has 0 aromatic carbocycles. The summed E-state index contributed by atoms with van der Waals surface area (Å²) in [5.74, 6) is -0.649. The summed E-state index contributed by atoms with van der Waals surface area (Å²) in [5.41, 5.74) is -1.75. The smallest absolute Gasteiger partial charge is 0.331 e. The Morgan fingerprint density at radius 3 is 2.50 bits per heavy atom. The molecule has 1 saturated heterocycles. The van der Waals surface area contributed by atoms with Gasteiger partial charge >= 0.3 is 11.9 Å². The summed E-state index contributed by atoms with van der Waals surface area (Å²) >= 11 is 3.42. The van der Waals surface area contributed by atoms with Crippen LogP contribution in [0.1, 0.15) is 47.5 Å². The summed E-state index contributed by atoms with van der Waals surface area (Å²) in [6.45, 7) is 18.9. The highest BCUT2D eigenvalue weighted by Crippen LogP contribution is 2.69. The molecule has 2 fully saturated rings. The van der Waals surface area contributed by atoms with Crippen LogP contribution in [0, 0.1) is 10.8 Å². The number of cyclic esters (lactones) is 1. The molecule has 4 atom stereocenters. The standard InChI is InChI=1S/C21H31BrO5Si/c1-13(22)9-10-21-14(11-15(23)26-21)16(27-28(7,8)18(2,3)4)20(6)17(24)25-12-19(20,21)5/h11,16H,1,9-10,12H2,2-8H3/t16-,19-,20+,21-/m1/s1. The minimum atomic E-state index is -2.24. The number of hydrogen-bond acceptors (Lipinski definition) is 5. The molecular formula is C21H31BrO5Si. The quantitative estimate of drug-likeness (QED) is 0.423. The molecule has 0 unspecified atom stereocenters. The van der Waals surface area contributed by atoms with Crippen molar-refractivity contribution < 1.29 is 23.5 Å². The summed E-state index contributed by atoms with van der Waals surface area (Å²) in [5, 5.41) is -0.0400. The van der Waals surface area contributed by atoms with Gasteiger partial charge in [-0.1, -0.05) is 50.2 Å². The SMILES string of the molecule is C=C(Br)CC[C@@]12OC(=O)C=C1[C@@H](O[Si](C)(C)C(C)(C)C)[C@@]1(C)C(=O)OC[C@@]21C. The Hall–Kier alpha value is -0.923. The molecule has 156 valence electrons. The maximum atomic E-state index is 13.0. The first-order valence-electron chi connectivity index (χ1n) is 9.76. The van der Waals surface area contributed by atoms with E-state index in [2.05, 4.69) is 56.4 Å². The van der Waals surface area contributed by atoms with Crippen LogP contribution in [0.25, 0.3) is 0 Å². The summed E-state index contributed by atoms with van der Waals surface area (Å²) in [7, 11) is -2.24. The number of carbonyl (C=O) groups is 2. The summed E-state index contributed by atoms with van der Waals surface area (Å²) < 4.78 is 19.2. The summed E-state index contributed by atoms with van der Waals surface area (Å²) in [6.07, 6.45) is 2.17. The number of rotatable bonds is 5. The van der Waals surface area contributed by atoms with Crippen molar-refractivity contribution in [2.75, 3.05) is 6.61 Å². The summed E-state index contributed by atoms with van der Waals surface area (Å²) in [6, 6.07) is 0. The zero-order chi connectivity index (χ0) is 21.3. The van der Waals surface area contributed by atoms with Gasteiger partial charge < -0.3 is 13.9 Å². The van der Waals surface area contributed by atoms with Crippen LogP contribution in [-0.4, -0.2) is 38.6 Å². The molecule has 7 heteroatoms. The molecule has 0 spiro atoms. The van der Waals surface area contributed by atoms with Crippen molar-refractivity contribution in [1.82, 2.24) is 0 Å². The highest BCUT2D eigenvalue weighted by atomic mass is 79.9. The molecule has 1 saturated carbocycles. The number of carbonyl (C=O) groups excluding carboxylic acids is 2. The van der Waals surface area contributed by atoms with Crippen molar-refractivity contribution in [3.63, 3.8) is 0 Å². The van der Waals surface area contributed by atoms with Crippen LogP contribution in [0.15, 0.2) is 22.7 Å². The fourth-order valence-electron chi connectivity index (χ4n) is 4.64. The second-order valence-corrected chi connectivity index (χ2v) is 16.1. The second kappa shape index (κ2) is 6.29. The van der Waals surface area contributed by atoms with Gasteiger partial charge in [0.1, 0.15) is 17.6 Å². The first-order valence-corrected chi connectivity index (χ1v) is 13.5. The van der Waals surface area contributed by atoms with Crippen LogP contribution in [0.3, 0.4) is 0 Å². The number of halogens is 1. The van der Waals surface area contributed by atoms with Gasteiger partial charge in [0.25, 0.3) is 0 Å². The van der Waals surface area contributed by atoms with Gasteiger partial charge in [0.05, 0.1) is 11.5 Å². The lowest BCUT2D eigenvalue weighted by Crippen LogP contribution is -2.53. The van der Waals surface area contributed by atoms with Crippen molar-refractivity contribution in [1.29, 1.82) is 0 Å². The van der Waals surface area contributed by atoms with Gasteiger partial charge in [-0.05, 0) is 42.4 Å². The van der Waals surface area contributed by atoms with Crippen LogP contribution in [0.2, 0.25) is 18.1 Å². The van der Waals surface area contributed by atoms with Crippen molar-refractivity contribution in [2.45, 2.75) is 77.3 Å². The molecule has 1 aliphatic carbocycles. The highest BCUT2D eigenvalue weighted by Gasteiger charge is 2.80. The lowest BCUT2D eigenvalue weighted by molar-refractivity contribution is -0.163. The number of hydrogen-bond donors (Lipinski definition) is 0. The number of ether oxygens (including phenoxy) is 2. The Bertz CT molecular complexity index is 782. The molecule has 0 aromatic heterocycles. The molecule has 0 radical (unpaired) electrons. The molecule has 0 aromatic rings. The average Bonchev–Trinajstić information content (AvgIpc) is 3.05.